The van der Waals surface area contributed by atoms with Crippen LogP contribution in [0, 0.1) is 12.8 Å². The molecule has 1 amide bonds. The average molecular weight is 285 g/mol. The lowest BCUT2D eigenvalue weighted by molar-refractivity contribution is -0.137. The van der Waals surface area contributed by atoms with Crippen molar-refractivity contribution in [1.82, 2.24) is 5.32 Å². The molecule has 0 aliphatic heterocycles. The molecule has 1 aliphatic carbocycles. The fourth-order valence-electron chi connectivity index (χ4n) is 2.29. The number of benzene rings is 1. The van der Waals surface area contributed by atoms with Crippen molar-refractivity contribution in [2.24, 2.45) is 5.92 Å². The van der Waals surface area contributed by atoms with Crippen LogP contribution >= 0.6 is 0 Å². The predicted molar refractivity (Wildman–Crippen MR) is 70.2 cm³/mol. The van der Waals surface area contributed by atoms with E-state index in [9.17, 15) is 18.0 Å². The molecule has 1 fully saturated rings. The van der Waals surface area contributed by atoms with E-state index >= 15 is 0 Å². The SMILES string of the molecule is Cc1cc(C(F)(F)F)ccc1CCNC(=O)C1CCC1. The van der Waals surface area contributed by atoms with Crippen LogP contribution in [0.1, 0.15) is 36.0 Å². The maximum Gasteiger partial charge on any atom is 0.416 e. The van der Waals surface area contributed by atoms with Gasteiger partial charge in [0.25, 0.3) is 0 Å². The van der Waals surface area contributed by atoms with Crippen molar-refractivity contribution in [3.8, 4) is 0 Å². The van der Waals surface area contributed by atoms with Crippen molar-refractivity contribution in [2.75, 3.05) is 6.54 Å². The Hall–Kier alpha value is -1.52. The molecular weight excluding hydrogens is 267 g/mol. The second-order valence-corrected chi connectivity index (χ2v) is 5.31. The van der Waals surface area contributed by atoms with Crippen LogP contribution in [0.3, 0.4) is 0 Å². The Bertz CT molecular complexity index is 492. The van der Waals surface area contributed by atoms with Crippen LogP contribution in [0.15, 0.2) is 18.2 Å². The van der Waals surface area contributed by atoms with Gasteiger partial charge in [0.1, 0.15) is 0 Å². The summed E-state index contributed by atoms with van der Waals surface area (Å²) in [6.07, 6.45) is -0.740. The van der Waals surface area contributed by atoms with Gasteiger partial charge < -0.3 is 5.32 Å². The van der Waals surface area contributed by atoms with E-state index in [1.807, 2.05) is 0 Å². The summed E-state index contributed by atoms with van der Waals surface area (Å²) in [7, 11) is 0. The summed E-state index contributed by atoms with van der Waals surface area (Å²) in [5.41, 5.74) is 0.821. The quantitative estimate of drug-likeness (QED) is 0.901. The molecule has 0 bridgehead atoms. The van der Waals surface area contributed by atoms with E-state index in [0.717, 1.165) is 37.0 Å². The molecule has 1 aromatic rings. The molecule has 0 heterocycles. The predicted octanol–water partition coefficient (Wildman–Crippen LogP) is 3.47. The van der Waals surface area contributed by atoms with Crippen LogP contribution in [0.5, 0.6) is 0 Å². The highest BCUT2D eigenvalue weighted by atomic mass is 19.4. The summed E-state index contributed by atoms with van der Waals surface area (Å²) in [4.78, 5) is 11.6. The molecule has 2 rings (SSSR count). The Balaban J connectivity index is 1.88. The lowest BCUT2D eigenvalue weighted by Crippen LogP contribution is -2.35. The van der Waals surface area contributed by atoms with Gasteiger partial charge in [0.2, 0.25) is 5.91 Å². The number of rotatable bonds is 4. The largest absolute Gasteiger partial charge is 0.416 e. The summed E-state index contributed by atoms with van der Waals surface area (Å²) in [5.74, 6) is 0.213. The molecule has 1 saturated carbocycles. The van der Waals surface area contributed by atoms with Crippen LogP contribution in [-0.4, -0.2) is 12.5 Å². The van der Waals surface area contributed by atoms with Crippen molar-refractivity contribution in [3.05, 3.63) is 34.9 Å². The maximum atomic E-state index is 12.5. The second-order valence-electron chi connectivity index (χ2n) is 5.31. The van der Waals surface area contributed by atoms with Gasteiger partial charge in [0.15, 0.2) is 0 Å². The Kier molecular flexibility index (Phi) is 4.35. The normalized spacial score (nSPS) is 15.8. The fourth-order valence-corrected chi connectivity index (χ4v) is 2.29. The molecule has 20 heavy (non-hydrogen) atoms. The Morgan fingerprint density at radius 1 is 1.35 bits per heavy atom. The first-order valence-corrected chi connectivity index (χ1v) is 6.82. The Labute approximate surface area is 116 Å². The first-order chi connectivity index (χ1) is 9.38. The van der Waals surface area contributed by atoms with Crippen LogP contribution in [0.2, 0.25) is 0 Å². The molecular formula is C15H18F3NO. The molecule has 1 aromatic carbocycles. The lowest BCUT2D eigenvalue weighted by atomic mass is 9.85. The molecule has 0 spiro atoms. The van der Waals surface area contributed by atoms with Crippen LogP contribution in [0.4, 0.5) is 13.2 Å². The van der Waals surface area contributed by atoms with E-state index in [1.54, 1.807) is 6.92 Å². The van der Waals surface area contributed by atoms with Gasteiger partial charge in [0, 0.05) is 12.5 Å². The van der Waals surface area contributed by atoms with Gasteiger partial charge in [-0.3, -0.25) is 4.79 Å². The van der Waals surface area contributed by atoms with Crippen LogP contribution < -0.4 is 5.32 Å². The number of carbonyl (C=O) groups excluding carboxylic acids is 1. The van der Waals surface area contributed by atoms with Crippen LogP contribution in [-0.2, 0) is 17.4 Å². The van der Waals surface area contributed by atoms with Crippen molar-refractivity contribution >= 4 is 5.91 Å². The van der Waals surface area contributed by atoms with Crippen molar-refractivity contribution in [3.63, 3.8) is 0 Å². The van der Waals surface area contributed by atoms with Gasteiger partial charge in [-0.1, -0.05) is 12.5 Å². The maximum absolute atomic E-state index is 12.5. The molecule has 5 heteroatoms. The number of nitrogens with one attached hydrogen (secondary N) is 1. The third-order valence-corrected chi connectivity index (χ3v) is 3.84. The van der Waals surface area contributed by atoms with E-state index in [-0.39, 0.29) is 11.8 Å². The van der Waals surface area contributed by atoms with Crippen molar-refractivity contribution in [2.45, 2.75) is 38.8 Å². The number of aryl methyl sites for hydroxylation is 1. The van der Waals surface area contributed by atoms with Gasteiger partial charge in [-0.2, -0.15) is 13.2 Å². The van der Waals surface area contributed by atoms with Gasteiger partial charge >= 0.3 is 6.18 Å². The first kappa shape index (κ1) is 14.9. The van der Waals surface area contributed by atoms with Gasteiger partial charge in [-0.05, 0) is 49.4 Å². The Morgan fingerprint density at radius 2 is 2.05 bits per heavy atom. The molecule has 1 aliphatic rings. The zero-order valence-corrected chi connectivity index (χ0v) is 11.4. The average Bonchev–Trinajstić information content (AvgIpc) is 2.27. The highest BCUT2D eigenvalue weighted by molar-refractivity contribution is 5.79. The van der Waals surface area contributed by atoms with E-state index < -0.39 is 11.7 Å². The minimum absolute atomic E-state index is 0.0702. The standard InChI is InChI=1S/C15H18F3NO/c1-10-9-13(15(16,17)18)6-5-11(10)7-8-19-14(20)12-3-2-4-12/h5-6,9,12H,2-4,7-8H2,1H3,(H,19,20). The van der Waals surface area contributed by atoms with Crippen molar-refractivity contribution < 1.29 is 18.0 Å². The molecule has 0 radical (unpaired) electrons. The smallest absolute Gasteiger partial charge is 0.356 e. The molecule has 0 unspecified atom stereocenters. The fraction of sp³-hybridized carbons (Fsp3) is 0.533. The van der Waals surface area contributed by atoms with Gasteiger partial charge in [-0.15, -0.1) is 0 Å². The minimum Gasteiger partial charge on any atom is -0.356 e. The number of hydrogen-bond acceptors (Lipinski definition) is 1. The summed E-state index contributed by atoms with van der Waals surface area (Å²) in [6.45, 7) is 2.14. The third-order valence-electron chi connectivity index (χ3n) is 3.84. The monoisotopic (exact) mass is 285 g/mol. The number of hydrogen-bond donors (Lipinski definition) is 1. The molecule has 2 nitrogen and oxygen atoms in total. The zero-order chi connectivity index (χ0) is 14.8. The molecule has 110 valence electrons. The molecule has 1 N–H and O–H groups in total. The zero-order valence-electron chi connectivity index (χ0n) is 11.4. The summed E-state index contributed by atoms with van der Waals surface area (Å²) in [6, 6.07) is 3.74. The minimum atomic E-state index is -4.30. The first-order valence-electron chi connectivity index (χ1n) is 6.82. The van der Waals surface area contributed by atoms with Gasteiger partial charge in [0.05, 0.1) is 5.56 Å². The highest BCUT2D eigenvalue weighted by Gasteiger charge is 2.30. The van der Waals surface area contributed by atoms with E-state index in [2.05, 4.69) is 5.32 Å². The highest BCUT2D eigenvalue weighted by Crippen LogP contribution is 2.30. The number of amides is 1. The molecule has 0 atom stereocenters. The molecule has 0 saturated heterocycles. The molecule has 0 aromatic heterocycles. The lowest BCUT2D eigenvalue weighted by Gasteiger charge is -2.24. The number of alkyl halides is 3. The number of halogens is 3. The van der Waals surface area contributed by atoms with Crippen LogP contribution in [0.25, 0.3) is 0 Å². The number of carbonyl (C=O) groups is 1. The summed E-state index contributed by atoms with van der Waals surface area (Å²) >= 11 is 0. The van der Waals surface area contributed by atoms with E-state index in [1.165, 1.54) is 6.07 Å². The van der Waals surface area contributed by atoms with E-state index in [0.29, 0.717) is 18.5 Å². The summed E-state index contributed by atoms with van der Waals surface area (Å²) in [5, 5.41) is 2.84. The van der Waals surface area contributed by atoms with Gasteiger partial charge in [-0.25, -0.2) is 0 Å². The van der Waals surface area contributed by atoms with Crippen molar-refractivity contribution in [1.29, 1.82) is 0 Å². The van der Waals surface area contributed by atoms with E-state index in [4.69, 9.17) is 0 Å². The Morgan fingerprint density at radius 3 is 2.55 bits per heavy atom. The second kappa shape index (κ2) is 5.85. The summed E-state index contributed by atoms with van der Waals surface area (Å²) < 4.78 is 37.6. The topological polar surface area (TPSA) is 29.1 Å². The third kappa shape index (κ3) is 3.52.